The van der Waals surface area contributed by atoms with E-state index in [1.165, 1.54) is 10.9 Å². The molecular weight excluding hydrogens is 314 g/mol. The first kappa shape index (κ1) is 14.3. The highest BCUT2D eigenvalue weighted by atomic mass is 16.6. The predicted molar refractivity (Wildman–Crippen MR) is 97.4 cm³/mol. The molecule has 0 unspecified atom stereocenters. The lowest BCUT2D eigenvalue weighted by molar-refractivity contribution is 0.140. The second-order valence-corrected chi connectivity index (χ2v) is 6.40. The number of amides is 1. The average Bonchev–Trinajstić information content (AvgIpc) is 3.25. The van der Waals surface area contributed by atoms with Gasteiger partial charge in [-0.1, -0.05) is 24.3 Å². The molecule has 1 aromatic heterocycles. The highest BCUT2D eigenvalue weighted by molar-refractivity contribution is 6.16. The molecule has 1 fully saturated rings. The molecule has 0 bridgehead atoms. The number of cyclic esters (lactones) is 1. The molecule has 5 nitrogen and oxygen atoms in total. The molecule has 1 saturated heterocycles. The molecule has 0 atom stereocenters. The minimum absolute atomic E-state index is 0.270. The van der Waals surface area contributed by atoms with E-state index < -0.39 is 0 Å². The SMILES string of the molecule is O=C1OCCCN1c1ccc2c(c1)C(c1cc3ccccc3[nH]1)=NC2. The number of fused-ring (bicyclic) bond motifs is 2. The fraction of sp³-hybridized carbons (Fsp3) is 0.200. The molecule has 2 aliphatic rings. The number of H-pyrrole nitrogens is 1. The number of para-hydroxylation sites is 1. The Morgan fingerprint density at radius 2 is 2.04 bits per heavy atom. The molecule has 0 saturated carbocycles. The topological polar surface area (TPSA) is 57.7 Å². The van der Waals surface area contributed by atoms with Gasteiger partial charge in [0.15, 0.2) is 0 Å². The Kier molecular flexibility index (Phi) is 3.13. The zero-order chi connectivity index (χ0) is 16.8. The van der Waals surface area contributed by atoms with Crippen molar-refractivity contribution in [3.63, 3.8) is 0 Å². The van der Waals surface area contributed by atoms with E-state index in [2.05, 4.69) is 35.3 Å². The number of carbonyl (C=O) groups excluding carboxylic acids is 1. The van der Waals surface area contributed by atoms with Crippen LogP contribution in [0, 0.1) is 0 Å². The van der Waals surface area contributed by atoms with E-state index in [0.717, 1.165) is 34.6 Å². The lowest BCUT2D eigenvalue weighted by Crippen LogP contribution is -2.37. The molecular formula is C20H17N3O2. The number of rotatable bonds is 2. The van der Waals surface area contributed by atoms with E-state index in [-0.39, 0.29) is 6.09 Å². The summed E-state index contributed by atoms with van der Waals surface area (Å²) in [4.78, 5) is 21.9. The molecule has 0 aliphatic carbocycles. The Morgan fingerprint density at radius 3 is 2.92 bits per heavy atom. The number of nitrogens with zero attached hydrogens (tertiary/aromatic N) is 2. The van der Waals surface area contributed by atoms with Crippen LogP contribution >= 0.6 is 0 Å². The van der Waals surface area contributed by atoms with Gasteiger partial charge in [0.05, 0.1) is 24.6 Å². The van der Waals surface area contributed by atoms with Gasteiger partial charge in [-0.2, -0.15) is 0 Å². The summed E-state index contributed by atoms with van der Waals surface area (Å²) < 4.78 is 5.17. The Hall–Kier alpha value is -3.08. The third-order valence-corrected chi connectivity index (χ3v) is 4.82. The van der Waals surface area contributed by atoms with E-state index in [1.807, 2.05) is 18.2 Å². The van der Waals surface area contributed by atoms with Crippen LogP contribution in [-0.2, 0) is 11.3 Å². The molecule has 0 radical (unpaired) electrons. The fourth-order valence-electron chi connectivity index (χ4n) is 3.56. The van der Waals surface area contributed by atoms with Gasteiger partial charge in [0, 0.05) is 28.7 Å². The number of hydrogen-bond acceptors (Lipinski definition) is 3. The van der Waals surface area contributed by atoms with Crippen LogP contribution < -0.4 is 4.90 Å². The third kappa shape index (κ3) is 2.31. The van der Waals surface area contributed by atoms with Gasteiger partial charge in [-0.15, -0.1) is 0 Å². The van der Waals surface area contributed by atoms with Crippen LogP contribution in [0.1, 0.15) is 23.2 Å². The number of aliphatic imine (C=N–C) groups is 1. The van der Waals surface area contributed by atoms with Crippen molar-refractivity contribution in [1.82, 2.24) is 4.98 Å². The van der Waals surface area contributed by atoms with Crippen molar-refractivity contribution in [1.29, 1.82) is 0 Å². The monoisotopic (exact) mass is 331 g/mol. The van der Waals surface area contributed by atoms with Crippen LogP contribution in [-0.4, -0.2) is 29.9 Å². The molecule has 3 heterocycles. The number of aromatic amines is 1. The number of carbonyl (C=O) groups is 1. The first-order chi connectivity index (χ1) is 12.3. The van der Waals surface area contributed by atoms with E-state index in [9.17, 15) is 4.79 Å². The van der Waals surface area contributed by atoms with Gasteiger partial charge >= 0.3 is 6.09 Å². The highest BCUT2D eigenvalue weighted by Crippen LogP contribution is 2.29. The minimum atomic E-state index is -0.270. The molecule has 0 spiro atoms. The molecule has 25 heavy (non-hydrogen) atoms. The van der Waals surface area contributed by atoms with Gasteiger partial charge < -0.3 is 9.72 Å². The maximum Gasteiger partial charge on any atom is 0.414 e. The normalized spacial score (nSPS) is 16.7. The Morgan fingerprint density at radius 1 is 1.12 bits per heavy atom. The lowest BCUT2D eigenvalue weighted by atomic mass is 10.0. The van der Waals surface area contributed by atoms with Gasteiger partial charge in [0.25, 0.3) is 0 Å². The van der Waals surface area contributed by atoms with Crippen LogP contribution in [0.5, 0.6) is 0 Å². The maximum absolute atomic E-state index is 12.0. The van der Waals surface area contributed by atoms with E-state index in [1.54, 1.807) is 4.90 Å². The second kappa shape index (κ2) is 5.48. The third-order valence-electron chi connectivity index (χ3n) is 4.82. The summed E-state index contributed by atoms with van der Waals surface area (Å²) in [5.74, 6) is 0. The summed E-state index contributed by atoms with van der Waals surface area (Å²) in [7, 11) is 0. The Balaban J connectivity index is 1.56. The van der Waals surface area contributed by atoms with Crippen LogP contribution in [0.2, 0.25) is 0 Å². The van der Waals surface area contributed by atoms with Gasteiger partial charge in [0.2, 0.25) is 0 Å². The highest BCUT2D eigenvalue weighted by Gasteiger charge is 2.25. The minimum Gasteiger partial charge on any atom is -0.449 e. The Bertz CT molecular complexity index is 986. The van der Waals surface area contributed by atoms with Crippen LogP contribution in [0.25, 0.3) is 10.9 Å². The second-order valence-electron chi connectivity index (χ2n) is 6.40. The number of ether oxygens (including phenoxy) is 1. The van der Waals surface area contributed by atoms with Crippen molar-refractivity contribution >= 4 is 28.4 Å². The maximum atomic E-state index is 12.0. The molecule has 3 aromatic rings. The number of anilines is 1. The standard InChI is InChI=1S/C20H17N3O2/c24-20-23(8-3-9-25-20)15-7-6-14-12-21-19(16(14)11-15)18-10-13-4-1-2-5-17(13)22-18/h1-2,4-7,10-11,22H,3,8-9,12H2. The van der Waals surface area contributed by atoms with Crippen LogP contribution in [0.3, 0.4) is 0 Å². The summed E-state index contributed by atoms with van der Waals surface area (Å²) in [6.45, 7) is 1.86. The number of aromatic nitrogens is 1. The molecule has 2 aromatic carbocycles. The van der Waals surface area contributed by atoms with Gasteiger partial charge in [0.1, 0.15) is 0 Å². The van der Waals surface area contributed by atoms with Crippen LogP contribution in [0.15, 0.2) is 53.5 Å². The van der Waals surface area contributed by atoms with Crippen molar-refractivity contribution in [2.75, 3.05) is 18.1 Å². The number of nitrogens with one attached hydrogen (secondary N) is 1. The predicted octanol–water partition coefficient (Wildman–Crippen LogP) is 3.87. The van der Waals surface area contributed by atoms with Crippen molar-refractivity contribution in [3.05, 3.63) is 65.4 Å². The van der Waals surface area contributed by atoms with Crippen molar-refractivity contribution in [3.8, 4) is 0 Å². The summed E-state index contributed by atoms with van der Waals surface area (Å²) in [5.41, 5.74) is 6.21. The average molecular weight is 331 g/mol. The zero-order valence-electron chi connectivity index (χ0n) is 13.7. The summed E-state index contributed by atoms with van der Waals surface area (Å²) in [5, 5.41) is 1.17. The van der Waals surface area contributed by atoms with E-state index in [0.29, 0.717) is 19.7 Å². The molecule has 5 heteroatoms. The molecule has 1 N–H and O–H groups in total. The first-order valence-electron chi connectivity index (χ1n) is 8.50. The van der Waals surface area contributed by atoms with Gasteiger partial charge in [-0.25, -0.2) is 4.79 Å². The molecule has 2 aliphatic heterocycles. The lowest BCUT2D eigenvalue weighted by Gasteiger charge is -2.26. The van der Waals surface area contributed by atoms with Gasteiger partial charge in [-0.3, -0.25) is 9.89 Å². The number of benzene rings is 2. The molecule has 5 rings (SSSR count). The van der Waals surface area contributed by atoms with Crippen LogP contribution in [0.4, 0.5) is 10.5 Å². The first-order valence-corrected chi connectivity index (χ1v) is 8.50. The van der Waals surface area contributed by atoms with E-state index >= 15 is 0 Å². The smallest absolute Gasteiger partial charge is 0.414 e. The quantitative estimate of drug-likeness (QED) is 0.775. The fourth-order valence-corrected chi connectivity index (χ4v) is 3.56. The zero-order valence-corrected chi connectivity index (χ0v) is 13.7. The summed E-state index contributed by atoms with van der Waals surface area (Å²) in [6.07, 6.45) is 0.583. The van der Waals surface area contributed by atoms with Crippen molar-refractivity contribution in [2.24, 2.45) is 4.99 Å². The number of hydrogen-bond donors (Lipinski definition) is 1. The largest absolute Gasteiger partial charge is 0.449 e. The van der Waals surface area contributed by atoms with Crippen molar-refractivity contribution < 1.29 is 9.53 Å². The van der Waals surface area contributed by atoms with Gasteiger partial charge in [-0.05, 0) is 36.2 Å². The summed E-state index contributed by atoms with van der Waals surface area (Å²) >= 11 is 0. The molecule has 1 amide bonds. The molecule has 124 valence electrons. The van der Waals surface area contributed by atoms with Crippen molar-refractivity contribution in [2.45, 2.75) is 13.0 Å². The summed E-state index contributed by atoms with van der Waals surface area (Å²) in [6, 6.07) is 16.4. The van der Waals surface area contributed by atoms with E-state index in [4.69, 9.17) is 9.73 Å². The Labute approximate surface area is 144 Å².